The first-order chi connectivity index (χ1) is 8.61. The van der Waals surface area contributed by atoms with Crippen LogP contribution in [-0.4, -0.2) is 42.2 Å². The van der Waals surface area contributed by atoms with Gasteiger partial charge in [-0.1, -0.05) is 6.92 Å². The molecule has 18 heavy (non-hydrogen) atoms. The Morgan fingerprint density at radius 1 is 1.50 bits per heavy atom. The number of hydrogen-bond acceptors (Lipinski definition) is 3. The molecule has 0 bridgehead atoms. The topological polar surface area (TPSA) is 66.6 Å². The van der Waals surface area contributed by atoms with Gasteiger partial charge in [-0.15, -0.1) is 0 Å². The second-order valence-corrected chi connectivity index (χ2v) is 6.27. The molecule has 1 heterocycles. The first-order valence-electron chi connectivity index (χ1n) is 7.21. The molecule has 104 valence electrons. The van der Waals surface area contributed by atoms with Gasteiger partial charge in [0.15, 0.2) is 0 Å². The highest BCUT2D eigenvalue weighted by Gasteiger charge is 2.49. The third kappa shape index (κ3) is 2.54. The summed E-state index contributed by atoms with van der Waals surface area (Å²) in [6, 6.07) is 0. The molecule has 1 saturated heterocycles. The minimum atomic E-state index is -0.263. The molecule has 2 fully saturated rings. The van der Waals surface area contributed by atoms with Crippen molar-refractivity contribution in [3.8, 4) is 0 Å². The van der Waals surface area contributed by atoms with Crippen molar-refractivity contribution >= 4 is 5.91 Å². The number of hydrogen-bond donors (Lipinski definition) is 2. The summed E-state index contributed by atoms with van der Waals surface area (Å²) in [4.78, 5) is 14.6. The van der Waals surface area contributed by atoms with Gasteiger partial charge in [-0.25, -0.2) is 0 Å². The van der Waals surface area contributed by atoms with Crippen LogP contribution in [0, 0.1) is 17.3 Å². The number of likely N-dealkylation sites (tertiary alicyclic amines) is 1. The zero-order valence-electron chi connectivity index (χ0n) is 11.4. The van der Waals surface area contributed by atoms with E-state index in [0.29, 0.717) is 18.4 Å². The monoisotopic (exact) mass is 254 g/mol. The van der Waals surface area contributed by atoms with Crippen LogP contribution < -0.4 is 5.73 Å². The molecule has 1 atom stereocenters. The number of carbonyl (C=O) groups excluding carboxylic acids is 1. The van der Waals surface area contributed by atoms with Crippen LogP contribution >= 0.6 is 0 Å². The van der Waals surface area contributed by atoms with Crippen LogP contribution in [0.5, 0.6) is 0 Å². The number of amides is 1. The first-order valence-corrected chi connectivity index (χ1v) is 7.21. The Kier molecular flexibility index (Phi) is 4.28. The lowest BCUT2D eigenvalue weighted by molar-refractivity contribution is -0.151. The minimum Gasteiger partial charge on any atom is -0.396 e. The Bertz CT molecular complexity index is 298. The fourth-order valence-corrected chi connectivity index (χ4v) is 3.71. The summed E-state index contributed by atoms with van der Waals surface area (Å²) in [6.07, 6.45) is 4.91. The summed E-state index contributed by atoms with van der Waals surface area (Å²) in [5, 5.41) is 9.02. The van der Waals surface area contributed by atoms with Gasteiger partial charge in [-0.3, -0.25) is 4.79 Å². The van der Waals surface area contributed by atoms with E-state index in [9.17, 15) is 4.79 Å². The van der Waals surface area contributed by atoms with Gasteiger partial charge in [0.25, 0.3) is 0 Å². The molecule has 0 radical (unpaired) electrons. The normalized spacial score (nSPS) is 36.3. The highest BCUT2D eigenvalue weighted by atomic mass is 16.3. The zero-order chi connectivity index (χ0) is 13.2. The second-order valence-electron chi connectivity index (χ2n) is 6.27. The summed E-state index contributed by atoms with van der Waals surface area (Å²) in [5.41, 5.74) is 5.58. The lowest BCUT2D eigenvalue weighted by Crippen LogP contribution is -2.56. The number of nitrogens with zero attached hydrogens (tertiary/aromatic N) is 1. The van der Waals surface area contributed by atoms with Crippen molar-refractivity contribution in [1.29, 1.82) is 0 Å². The van der Waals surface area contributed by atoms with Crippen LogP contribution in [-0.2, 0) is 4.79 Å². The van der Waals surface area contributed by atoms with E-state index < -0.39 is 0 Å². The van der Waals surface area contributed by atoms with E-state index >= 15 is 0 Å². The molecule has 4 heteroatoms. The van der Waals surface area contributed by atoms with Crippen LogP contribution in [0.2, 0.25) is 0 Å². The van der Waals surface area contributed by atoms with Crippen molar-refractivity contribution < 1.29 is 9.90 Å². The quantitative estimate of drug-likeness (QED) is 0.786. The molecule has 4 nitrogen and oxygen atoms in total. The average molecular weight is 254 g/mol. The van der Waals surface area contributed by atoms with Gasteiger partial charge in [0.05, 0.1) is 5.41 Å². The molecule has 0 aromatic rings. The average Bonchev–Trinajstić information content (AvgIpc) is 2.35. The SMILES string of the molecule is CC1CC(CN)(C(=O)N2CCCC(CCO)C2)C1. The Morgan fingerprint density at radius 2 is 2.22 bits per heavy atom. The standard InChI is InChI=1S/C14H26N2O2/c1-11-7-14(8-11,10-15)13(18)16-5-2-3-12(9-16)4-6-17/h11-12,17H,2-10,15H2,1H3. The molecule has 1 unspecified atom stereocenters. The maximum atomic E-state index is 12.6. The molecule has 0 aromatic carbocycles. The number of carbonyl (C=O) groups is 1. The van der Waals surface area contributed by atoms with Crippen molar-refractivity contribution in [3.05, 3.63) is 0 Å². The molecular weight excluding hydrogens is 228 g/mol. The van der Waals surface area contributed by atoms with Crippen molar-refractivity contribution in [2.75, 3.05) is 26.2 Å². The fourth-order valence-electron chi connectivity index (χ4n) is 3.71. The maximum absolute atomic E-state index is 12.6. The summed E-state index contributed by atoms with van der Waals surface area (Å²) in [5.74, 6) is 1.38. The lowest BCUT2D eigenvalue weighted by atomic mass is 9.61. The fraction of sp³-hybridized carbons (Fsp3) is 0.929. The van der Waals surface area contributed by atoms with E-state index in [0.717, 1.165) is 45.2 Å². The van der Waals surface area contributed by atoms with Gasteiger partial charge in [0.1, 0.15) is 0 Å². The third-order valence-electron chi connectivity index (χ3n) is 4.67. The van der Waals surface area contributed by atoms with Crippen LogP contribution in [0.15, 0.2) is 0 Å². The number of aliphatic hydroxyl groups excluding tert-OH is 1. The van der Waals surface area contributed by atoms with Gasteiger partial charge in [0, 0.05) is 26.2 Å². The zero-order valence-corrected chi connectivity index (χ0v) is 11.4. The van der Waals surface area contributed by atoms with Crippen LogP contribution in [0.4, 0.5) is 0 Å². The second kappa shape index (κ2) is 5.57. The predicted molar refractivity (Wildman–Crippen MR) is 70.9 cm³/mol. The lowest BCUT2D eigenvalue weighted by Gasteiger charge is -2.48. The van der Waals surface area contributed by atoms with Crippen LogP contribution in [0.25, 0.3) is 0 Å². The molecule has 1 saturated carbocycles. The Morgan fingerprint density at radius 3 is 2.78 bits per heavy atom. The van der Waals surface area contributed by atoms with Crippen molar-refractivity contribution in [2.24, 2.45) is 23.0 Å². The van der Waals surface area contributed by atoms with E-state index in [1.807, 2.05) is 4.90 Å². The summed E-state index contributed by atoms with van der Waals surface area (Å²) in [6.45, 7) is 4.58. The van der Waals surface area contributed by atoms with Crippen molar-refractivity contribution in [3.63, 3.8) is 0 Å². The van der Waals surface area contributed by atoms with Crippen LogP contribution in [0.3, 0.4) is 0 Å². The van der Waals surface area contributed by atoms with E-state index in [1.165, 1.54) is 0 Å². The molecule has 0 spiro atoms. The largest absolute Gasteiger partial charge is 0.396 e. The first kappa shape index (κ1) is 13.8. The Labute approximate surface area is 110 Å². The third-order valence-corrected chi connectivity index (χ3v) is 4.67. The molecule has 1 aliphatic carbocycles. The number of rotatable bonds is 4. The minimum absolute atomic E-state index is 0.228. The number of aliphatic hydroxyl groups is 1. The van der Waals surface area contributed by atoms with E-state index in [4.69, 9.17) is 10.8 Å². The molecule has 3 N–H and O–H groups in total. The molecule has 2 rings (SSSR count). The van der Waals surface area contributed by atoms with Gasteiger partial charge < -0.3 is 15.7 Å². The van der Waals surface area contributed by atoms with E-state index in [1.54, 1.807) is 0 Å². The Balaban J connectivity index is 1.96. The number of piperidine rings is 1. The molecule has 2 aliphatic rings. The summed E-state index contributed by atoms with van der Waals surface area (Å²) in [7, 11) is 0. The highest BCUT2D eigenvalue weighted by Crippen LogP contribution is 2.46. The predicted octanol–water partition coefficient (Wildman–Crippen LogP) is 0.982. The van der Waals surface area contributed by atoms with Gasteiger partial charge >= 0.3 is 0 Å². The van der Waals surface area contributed by atoms with Crippen LogP contribution in [0.1, 0.15) is 39.0 Å². The highest BCUT2D eigenvalue weighted by molar-refractivity contribution is 5.84. The van der Waals surface area contributed by atoms with Gasteiger partial charge in [-0.2, -0.15) is 0 Å². The summed E-state index contributed by atoms with van der Waals surface area (Å²) < 4.78 is 0. The smallest absolute Gasteiger partial charge is 0.230 e. The molecule has 0 aromatic heterocycles. The van der Waals surface area contributed by atoms with Crippen molar-refractivity contribution in [2.45, 2.75) is 39.0 Å². The Hall–Kier alpha value is -0.610. The van der Waals surface area contributed by atoms with E-state index in [-0.39, 0.29) is 17.9 Å². The van der Waals surface area contributed by atoms with Gasteiger partial charge in [0.2, 0.25) is 5.91 Å². The van der Waals surface area contributed by atoms with Gasteiger partial charge in [-0.05, 0) is 43.9 Å². The molecule has 1 amide bonds. The maximum Gasteiger partial charge on any atom is 0.230 e. The number of nitrogens with two attached hydrogens (primary N) is 1. The van der Waals surface area contributed by atoms with Crippen molar-refractivity contribution in [1.82, 2.24) is 4.90 Å². The molecular formula is C14H26N2O2. The summed E-state index contributed by atoms with van der Waals surface area (Å²) >= 11 is 0. The molecule has 1 aliphatic heterocycles. The van der Waals surface area contributed by atoms with E-state index in [2.05, 4.69) is 6.92 Å².